The number of halogens is 2. The Labute approximate surface area is 166 Å². The van der Waals surface area contributed by atoms with Crippen molar-refractivity contribution in [1.82, 2.24) is 14.7 Å². The molecule has 0 bridgehead atoms. The minimum Gasteiger partial charge on any atom is -0.343 e. The first-order chi connectivity index (χ1) is 13.1. The molecule has 7 heteroatoms. The summed E-state index contributed by atoms with van der Waals surface area (Å²) in [6, 6.07) is 3.08. The van der Waals surface area contributed by atoms with Gasteiger partial charge >= 0.3 is 0 Å². The smallest absolute Gasteiger partial charge is 0.236 e. The van der Waals surface area contributed by atoms with E-state index in [1.807, 2.05) is 20.9 Å². The van der Waals surface area contributed by atoms with Crippen molar-refractivity contribution in [3.8, 4) is 0 Å². The van der Waals surface area contributed by atoms with E-state index in [0.717, 1.165) is 12.1 Å². The summed E-state index contributed by atoms with van der Waals surface area (Å²) in [5.74, 6) is -0.957. The molecular weight excluding hydrogens is 364 g/mol. The van der Waals surface area contributed by atoms with Gasteiger partial charge in [0, 0.05) is 43.7 Å². The molecule has 2 amide bonds. The first-order valence-corrected chi connectivity index (χ1v) is 9.81. The maximum Gasteiger partial charge on any atom is 0.236 e. The third-order valence-electron chi connectivity index (χ3n) is 5.77. The summed E-state index contributed by atoms with van der Waals surface area (Å²) in [6.45, 7) is 6.90. The number of likely N-dealkylation sites (N-methyl/N-ethyl adjacent to an activating group) is 1. The van der Waals surface area contributed by atoms with Crippen LogP contribution >= 0.6 is 0 Å². The molecule has 1 atom stereocenters. The summed E-state index contributed by atoms with van der Waals surface area (Å²) < 4.78 is 27.4. The minimum absolute atomic E-state index is 0.0468. The molecule has 1 aromatic rings. The Morgan fingerprint density at radius 1 is 1.14 bits per heavy atom. The molecule has 1 fully saturated rings. The topological polar surface area (TPSA) is 43.9 Å². The molecule has 156 valence electrons. The normalized spacial score (nSPS) is 16.5. The van der Waals surface area contributed by atoms with Gasteiger partial charge in [-0.3, -0.25) is 14.5 Å². The summed E-state index contributed by atoms with van der Waals surface area (Å²) in [5, 5.41) is 0. The van der Waals surface area contributed by atoms with E-state index in [1.54, 1.807) is 28.7 Å². The Hall–Kier alpha value is -2.02. The lowest BCUT2D eigenvalue weighted by atomic mass is 9.95. The summed E-state index contributed by atoms with van der Waals surface area (Å²) >= 11 is 0. The number of rotatable bonds is 6. The standard InChI is InChI=1S/C21H31F2N3O2/c1-14(2)25(5)21(28)16-8-10-26(11-9-16)20(27)13-24(4)15(3)18-12-17(22)6-7-19(18)23/h6-7,12,14-16H,8-11,13H2,1-5H3. The van der Waals surface area contributed by atoms with Crippen molar-refractivity contribution in [2.45, 2.75) is 45.7 Å². The molecule has 1 aliphatic rings. The average molecular weight is 395 g/mol. The van der Waals surface area contributed by atoms with E-state index in [1.165, 1.54) is 6.07 Å². The molecule has 0 aromatic heterocycles. The molecule has 2 rings (SSSR count). The Bertz CT molecular complexity index is 703. The summed E-state index contributed by atoms with van der Waals surface area (Å²) in [6.07, 6.45) is 1.30. The molecule has 0 radical (unpaired) electrons. The van der Waals surface area contributed by atoms with Crippen LogP contribution < -0.4 is 0 Å². The highest BCUT2D eigenvalue weighted by Crippen LogP contribution is 2.24. The van der Waals surface area contributed by atoms with Crippen LogP contribution in [0.15, 0.2) is 18.2 Å². The van der Waals surface area contributed by atoms with Gasteiger partial charge in [0.2, 0.25) is 11.8 Å². The maximum absolute atomic E-state index is 14.0. The predicted molar refractivity (Wildman–Crippen MR) is 105 cm³/mol. The molecule has 1 aliphatic heterocycles. The Morgan fingerprint density at radius 2 is 1.75 bits per heavy atom. The van der Waals surface area contributed by atoms with Gasteiger partial charge in [-0.25, -0.2) is 8.78 Å². The van der Waals surface area contributed by atoms with Crippen LogP contribution in [0.2, 0.25) is 0 Å². The van der Waals surface area contributed by atoms with Crippen LogP contribution in [0.3, 0.4) is 0 Å². The Balaban J connectivity index is 1.90. The number of nitrogens with zero attached hydrogens (tertiary/aromatic N) is 3. The van der Waals surface area contributed by atoms with Crippen LogP contribution in [-0.4, -0.2) is 66.3 Å². The van der Waals surface area contributed by atoms with Crippen LogP contribution in [0.1, 0.15) is 45.2 Å². The van der Waals surface area contributed by atoms with Crippen molar-refractivity contribution >= 4 is 11.8 Å². The zero-order valence-electron chi connectivity index (χ0n) is 17.4. The molecule has 1 saturated heterocycles. The summed E-state index contributed by atoms with van der Waals surface area (Å²) in [5.41, 5.74) is 0.233. The van der Waals surface area contributed by atoms with Crippen molar-refractivity contribution in [2.24, 2.45) is 5.92 Å². The highest BCUT2D eigenvalue weighted by atomic mass is 19.1. The Morgan fingerprint density at radius 3 is 2.32 bits per heavy atom. The molecule has 28 heavy (non-hydrogen) atoms. The molecule has 1 heterocycles. The molecule has 1 unspecified atom stereocenters. The van der Waals surface area contributed by atoms with Crippen LogP contribution in [-0.2, 0) is 9.59 Å². The first kappa shape index (κ1) is 22.3. The first-order valence-electron chi connectivity index (χ1n) is 9.81. The zero-order chi connectivity index (χ0) is 21.0. The number of carbonyl (C=O) groups excluding carboxylic acids is 2. The van der Waals surface area contributed by atoms with E-state index in [2.05, 4.69) is 0 Å². The lowest BCUT2D eigenvalue weighted by molar-refractivity contribution is -0.141. The van der Waals surface area contributed by atoms with Gasteiger partial charge in [-0.2, -0.15) is 0 Å². The SMILES string of the molecule is CC(c1cc(F)ccc1F)N(C)CC(=O)N1CCC(C(=O)N(C)C(C)C)CC1. The fourth-order valence-corrected chi connectivity index (χ4v) is 3.44. The third-order valence-corrected chi connectivity index (χ3v) is 5.77. The monoisotopic (exact) mass is 395 g/mol. The highest BCUT2D eigenvalue weighted by molar-refractivity contribution is 5.81. The van der Waals surface area contributed by atoms with Crippen molar-refractivity contribution in [1.29, 1.82) is 0 Å². The van der Waals surface area contributed by atoms with Gasteiger partial charge in [-0.05, 0) is 58.9 Å². The van der Waals surface area contributed by atoms with E-state index in [-0.39, 0.29) is 35.9 Å². The van der Waals surface area contributed by atoms with Crippen LogP contribution in [0.25, 0.3) is 0 Å². The number of piperidine rings is 1. The van der Waals surface area contributed by atoms with E-state index in [0.29, 0.717) is 25.9 Å². The summed E-state index contributed by atoms with van der Waals surface area (Å²) in [4.78, 5) is 30.3. The van der Waals surface area contributed by atoms with Crippen molar-refractivity contribution in [2.75, 3.05) is 33.7 Å². The molecule has 1 aromatic carbocycles. The molecule has 0 saturated carbocycles. The highest BCUT2D eigenvalue weighted by Gasteiger charge is 2.30. The van der Waals surface area contributed by atoms with Crippen molar-refractivity contribution in [3.05, 3.63) is 35.4 Å². The zero-order valence-corrected chi connectivity index (χ0v) is 17.4. The van der Waals surface area contributed by atoms with Gasteiger partial charge in [0.15, 0.2) is 0 Å². The largest absolute Gasteiger partial charge is 0.343 e. The number of hydrogen-bond acceptors (Lipinski definition) is 3. The molecule has 0 N–H and O–H groups in total. The molecule has 5 nitrogen and oxygen atoms in total. The lowest BCUT2D eigenvalue weighted by Crippen LogP contribution is -2.47. The van der Waals surface area contributed by atoms with E-state index in [4.69, 9.17) is 0 Å². The minimum atomic E-state index is -0.499. The van der Waals surface area contributed by atoms with E-state index < -0.39 is 17.7 Å². The molecular formula is C21H31F2N3O2. The van der Waals surface area contributed by atoms with Gasteiger partial charge in [0.05, 0.1) is 6.54 Å². The third kappa shape index (κ3) is 5.28. The van der Waals surface area contributed by atoms with Gasteiger partial charge in [-0.15, -0.1) is 0 Å². The molecule has 0 aliphatic carbocycles. The van der Waals surface area contributed by atoms with E-state index in [9.17, 15) is 18.4 Å². The second kappa shape index (κ2) is 9.45. The average Bonchev–Trinajstić information content (AvgIpc) is 2.67. The quantitative estimate of drug-likeness (QED) is 0.744. The number of benzene rings is 1. The van der Waals surface area contributed by atoms with Crippen molar-refractivity contribution in [3.63, 3.8) is 0 Å². The number of hydrogen-bond donors (Lipinski definition) is 0. The number of carbonyl (C=O) groups is 2. The van der Waals surface area contributed by atoms with Gasteiger partial charge in [0.25, 0.3) is 0 Å². The number of likely N-dealkylation sites (tertiary alicyclic amines) is 1. The summed E-state index contributed by atoms with van der Waals surface area (Å²) in [7, 11) is 3.53. The fourth-order valence-electron chi connectivity index (χ4n) is 3.44. The van der Waals surface area contributed by atoms with Crippen LogP contribution in [0.5, 0.6) is 0 Å². The molecule has 0 spiro atoms. The van der Waals surface area contributed by atoms with Crippen LogP contribution in [0, 0.1) is 17.6 Å². The van der Waals surface area contributed by atoms with E-state index >= 15 is 0 Å². The van der Waals surface area contributed by atoms with Gasteiger partial charge in [-0.1, -0.05) is 0 Å². The second-order valence-electron chi connectivity index (χ2n) is 7.95. The maximum atomic E-state index is 14.0. The Kier molecular flexibility index (Phi) is 7.52. The number of amides is 2. The van der Waals surface area contributed by atoms with Gasteiger partial charge in [0.1, 0.15) is 11.6 Å². The van der Waals surface area contributed by atoms with Crippen molar-refractivity contribution < 1.29 is 18.4 Å². The fraction of sp³-hybridized carbons (Fsp3) is 0.619. The van der Waals surface area contributed by atoms with Gasteiger partial charge < -0.3 is 9.80 Å². The second-order valence-corrected chi connectivity index (χ2v) is 7.95. The van der Waals surface area contributed by atoms with Crippen LogP contribution in [0.4, 0.5) is 8.78 Å². The lowest BCUT2D eigenvalue weighted by Gasteiger charge is -2.35. The predicted octanol–water partition coefficient (Wildman–Crippen LogP) is 3.06.